The number of nitrogens with one attached hydrogen (secondary N) is 1. The van der Waals surface area contributed by atoms with Gasteiger partial charge in [0, 0.05) is 32.3 Å². The summed E-state index contributed by atoms with van der Waals surface area (Å²) in [6.45, 7) is 0.995. The Morgan fingerprint density at radius 3 is 2.70 bits per heavy atom. The van der Waals surface area contributed by atoms with Crippen molar-refractivity contribution >= 4 is 5.91 Å². The molecule has 122 valence electrons. The minimum Gasteiger partial charge on any atom is -0.383 e. The summed E-state index contributed by atoms with van der Waals surface area (Å²) in [5.41, 5.74) is 1.11. The topological polar surface area (TPSA) is 99.9 Å². The van der Waals surface area contributed by atoms with Crippen molar-refractivity contribution < 1.29 is 9.90 Å². The maximum Gasteiger partial charge on any atom is 0.276 e. The molecule has 1 aliphatic carbocycles. The molecule has 23 heavy (non-hydrogen) atoms. The van der Waals surface area contributed by atoms with E-state index >= 15 is 0 Å². The second-order valence-electron chi connectivity index (χ2n) is 6.50. The Morgan fingerprint density at radius 1 is 1.35 bits per heavy atom. The number of aliphatic hydroxyl groups is 1. The Kier molecular flexibility index (Phi) is 3.22. The van der Waals surface area contributed by atoms with Crippen molar-refractivity contribution in [1.82, 2.24) is 30.1 Å². The van der Waals surface area contributed by atoms with Crippen LogP contribution in [0.3, 0.4) is 0 Å². The number of carbonyl (C=O) groups is 1. The average molecular weight is 316 g/mol. The lowest BCUT2D eigenvalue weighted by atomic mass is 9.88. The molecular weight excluding hydrogens is 296 g/mol. The molecule has 2 N–H and O–H groups in total. The predicted molar refractivity (Wildman–Crippen MR) is 80.6 cm³/mol. The van der Waals surface area contributed by atoms with E-state index < -0.39 is 5.60 Å². The highest BCUT2D eigenvalue weighted by molar-refractivity contribution is 5.93. The maximum absolute atomic E-state index is 12.7. The predicted octanol–water partition coefficient (Wildman–Crippen LogP) is 0.539. The molecule has 2 aromatic rings. The van der Waals surface area contributed by atoms with E-state index in [1.165, 1.54) is 0 Å². The molecule has 8 nitrogen and oxygen atoms in total. The van der Waals surface area contributed by atoms with Crippen LogP contribution >= 0.6 is 0 Å². The van der Waals surface area contributed by atoms with Crippen molar-refractivity contribution in [3.05, 3.63) is 29.3 Å². The summed E-state index contributed by atoms with van der Waals surface area (Å²) in [6.07, 6.45) is 4.83. The maximum atomic E-state index is 12.7. The highest BCUT2D eigenvalue weighted by atomic mass is 16.3. The third-order valence-electron chi connectivity index (χ3n) is 4.92. The molecule has 0 spiro atoms. The quantitative estimate of drug-likeness (QED) is 0.861. The Labute approximate surface area is 133 Å². The first kappa shape index (κ1) is 14.4. The lowest BCUT2D eigenvalue weighted by Crippen LogP contribution is -2.46. The molecule has 1 saturated carbocycles. The fraction of sp³-hybridized carbons (Fsp3) is 0.600. The van der Waals surface area contributed by atoms with Crippen LogP contribution in [0.4, 0.5) is 0 Å². The SMILES string of the molecule is Cn1nccc1C1(O)CCN(C(=O)c2n[nH]nc2C2CC2)CC1. The molecule has 0 atom stereocenters. The monoisotopic (exact) mass is 316 g/mol. The van der Waals surface area contributed by atoms with Crippen molar-refractivity contribution in [2.24, 2.45) is 7.05 Å². The molecule has 0 bridgehead atoms. The first-order chi connectivity index (χ1) is 11.1. The summed E-state index contributed by atoms with van der Waals surface area (Å²) >= 11 is 0. The van der Waals surface area contributed by atoms with Crippen LogP contribution in [-0.2, 0) is 12.6 Å². The van der Waals surface area contributed by atoms with Gasteiger partial charge in [-0.3, -0.25) is 9.48 Å². The smallest absolute Gasteiger partial charge is 0.276 e. The van der Waals surface area contributed by atoms with E-state index in [2.05, 4.69) is 20.5 Å². The largest absolute Gasteiger partial charge is 0.383 e. The fourth-order valence-corrected chi connectivity index (χ4v) is 3.35. The highest BCUT2D eigenvalue weighted by Gasteiger charge is 2.39. The molecule has 0 aromatic carbocycles. The summed E-state index contributed by atoms with van der Waals surface area (Å²) in [7, 11) is 1.82. The highest BCUT2D eigenvalue weighted by Crippen LogP contribution is 2.40. The number of aromatic nitrogens is 5. The molecule has 8 heteroatoms. The van der Waals surface area contributed by atoms with Crippen LogP contribution in [0, 0.1) is 0 Å². The normalized spacial score (nSPS) is 20.7. The minimum atomic E-state index is -0.925. The van der Waals surface area contributed by atoms with Gasteiger partial charge in [-0.05, 0) is 31.7 Å². The van der Waals surface area contributed by atoms with Gasteiger partial charge in [-0.1, -0.05) is 0 Å². The van der Waals surface area contributed by atoms with Gasteiger partial charge in [-0.25, -0.2) is 0 Å². The lowest BCUT2D eigenvalue weighted by molar-refractivity contribution is -0.0271. The number of likely N-dealkylation sites (tertiary alicyclic amines) is 1. The first-order valence-corrected chi connectivity index (χ1v) is 7.99. The Morgan fingerprint density at radius 2 is 2.09 bits per heavy atom. The van der Waals surface area contributed by atoms with Gasteiger partial charge in [-0.15, -0.1) is 0 Å². The van der Waals surface area contributed by atoms with Gasteiger partial charge in [0.15, 0.2) is 5.69 Å². The minimum absolute atomic E-state index is 0.0901. The van der Waals surface area contributed by atoms with Crippen LogP contribution in [-0.4, -0.2) is 54.2 Å². The number of hydrogen-bond donors (Lipinski definition) is 2. The van der Waals surface area contributed by atoms with Crippen molar-refractivity contribution in [2.45, 2.75) is 37.2 Å². The van der Waals surface area contributed by atoms with E-state index in [-0.39, 0.29) is 5.91 Å². The van der Waals surface area contributed by atoms with Crippen molar-refractivity contribution in [1.29, 1.82) is 0 Å². The van der Waals surface area contributed by atoms with Gasteiger partial charge in [0.25, 0.3) is 5.91 Å². The second-order valence-corrected chi connectivity index (χ2v) is 6.50. The van der Waals surface area contributed by atoms with E-state index in [1.807, 2.05) is 13.1 Å². The number of nitrogens with zero attached hydrogens (tertiary/aromatic N) is 5. The van der Waals surface area contributed by atoms with Crippen LogP contribution in [0.15, 0.2) is 12.3 Å². The summed E-state index contributed by atoms with van der Waals surface area (Å²) in [6, 6.07) is 1.83. The Balaban J connectivity index is 1.48. The van der Waals surface area contributed by atoms with Gasteiger partial charge in [0.1, 0.15) is 5.60 Å². The number of carbonyl (C=O) groups excluding carboxylic acids is 1. The molecule has 2 aromatic heterocycles. The summed E-state index contributed by atoms with van der Waals surface area (Å²) in [4.78, 5) is 14.4. The van der Waals surface area contributed by atoms with Crippen molar-refractivity contribution in [2.75, 3.05) is 13.1 Å². The third kappa shape index (κ3) is 2.42. The molecule has 1 saturated heterocycles. The summed E-state index contributed by atoms with van der Waals surface area (Å²) in [5.74, 6) is 0.288. The fourth-order valence-electron chi connectivity index (χ4n) is 3.35. The number of aromatic amines is 1. The van der Waals surface area contributed by atoms with Crippen molar-refractivity contribution in [3.63, 3.8) is 0 Å². The molecule has 0 unspecified atom stereocenters. The molecule has 3 heterocycles. The van der Waals surface area contributed by atoms with Gasteiger partial charge >= 0.3 is 0 Å². The first-order valence-electron chi connectivity index (χ1n) is 7.99. The number of piperidine rings is 1. The molecule has 0 radical (unpaired) electrons. The molecule has 1 amide bonds. The van der Waals surface area contributed by atoms with E-state index in [1.54, 1.807) is 15.8 Å². The molecule has 2 aliphatic rings. The standard InChI is InChI=1S/C15H20N6O2/c1-20-11(4-7-16-20)15(23)5-8-21(9-6-15)14(22)13-12(10-2-3-10)17-19-18-13/h4,7,10,23H,2-3,5-6,8-9H2,1H3,(H,17,18,19). The summed E-state index contributed by atoms with van der Waals surface area (Å²) in [5, 5.41) is 25.7. The number of aryl methyl sites for hydroxylation is 1. The third-order valence-corrected chi connectivity index (χ3v) is 4.92. The molecule has 4 rings (SSSR count). The lowest BCUT2D eigenvalue weighted by Gasteiger charge is -2.37. The van der Waals surface area contributed by atoms with Gasteiger partial charge < -0.3 is 10.0 Å². The van der Waals surface area contributed by atoms with E-state index in [0.29, 0.717) is 37.5 Å². The zero-order valence-corrected chi connectivity index (χ0v) is 13.1. The Hall–Kier alpha value is -2.22. The zero-order valence-electron chi connectivity index (χ0n) is 13.1. The number of amides is 1. The van der Waals surface area contributed by atoms with Crippen LogP contribution in [0.25, 0.3) is 0 Å². The van der Waals surface area contributed by atoms with Gasteiger partial charge in [0.2, 0.25) is 0 Å². The van der Waals surface area contributed by atoms with E-state index in [0.717, 1.165) is 24.2 Å². The van der Waals surface area contributed by atoms with Crippen LogP contribution in [0.2, 0.25) is 0 Å². The Bertz CT molecular complexity index is 724. The van der Waals surface area contributed by atoms with Gasteiger partial charge in [0.05, 0.1) is 11.4 Å². The van der Waals surface area contributed by atoms with Crippen LogP contribution in [0.5, 0.6) is 0 Å². The van der Waals surface area contributed by atoms with Crippen LogP contribution in [0.1, 0.15) is 53.5 Å². The van der Waals surface area contributed by atoms with Gasteiger partial charge in [-0.2, -0.15) is 20.5 Å². The zero-order chi connectivity index (χ0) is 16.0. The second kappa shape index (κ2) is 5.16. The number of hydrogen-bond acceptors (Lipinski definition) is 5. The summed E-state index contributed by atoms with van der Waals surface area (Å²) < 4.78 is 1.69. The van der Waals surface area contributed by atoms with Crippen molar-refractivity contribution in [3.8, 4) is 0 Å². The molecular formula is C15H20N6O2. The van der Waals surface area contributed by atoms with Crippen LogP contribution < -0.4 is 0 Å². The average Bonchev–Trinajstić information content (AvgIpc) is 3.10. The number of rotatable bonds is 3. The van der Waals surface area contributed by atoms with E-state index in [9.17, 15) is 9.90 Å². The van der Waals surface area contributed by atoms with E-state index in [4.69, 9.17) is 0 Å². The molecule has 2 fully saturated rings. The molecule has 1 aliphatic heterocycles. The number of H-pyrrole nitrogens is 1.